The molecule has 4 rings (SSSR count). The van der Waals surface area contributed by atoms with Gasteiger partial charge in [-0.2, -0.15) is 4.52 Å². The Bertz CT molecular complexity index is 1050. The Morgan fingerprint density at radius 3 is 2.62 bits per heavy atom. The molecule has 1 aliphatic rings. The number of nitrogens with zero attached hydrogens (tertiary/aromatic N) is 4. The summed E-state index contributed by atoms with van der Waals surface area (Å²) in [6.07, 6.45) is 4.85. The average molecular weight is 439 g/mol. The van der Waals surface area contributed by atoms with Crippen LogP contribution in [-0.2, 0) is 4.79 Å². The van der Waals surface area contributed by atoms with E-state index in [9.17, 15) is 9.90 Å². The van der Waals surface area contributed by atoms with Gasteiger partial charge in [-0.15, -0.1) is 15.3 Å². The quantitative estimate of drug-likeness (QED) is 0.426. The molecule has 32 heavy (non-hydrogen) atoms. The number of phenolic OH excluding ortho intramolecular Hbond substituents is 1. The Morgan fingerprint density at radius 1 is 1.12 bits per heavy atom. The number of aliphatic hydroxyl groups excluding tert-OH is 1. The number of carbonyl (C=O) groups is 1. The summed E-state index contributed by atoms with van der Waals surface area (Å²) in [7, 11) is 0. The normalized spacial score (nSPS) is 19.6. The highest BCUT2D eigenvalue weighted by atomic mass is 16.3. The van der Waals surface area contributed by atoms with Crippen molar-refractivity contribution < 1.29 is 15.0 Å². The lowest BCUT2D eigenvalue weighted by atomic mass is 9.90. The Balaban J connectivity index is 1.52. The molecule has 9 nitrogen and oxygen atoms in total. The number of amides is 1. The van der Waals surface area contributed by atoms with Crippen molar-refractivity contribution in [1.82, 2.24) is 25.1 Å². The van der Waals surface area contributed by atoms with Crippen molar-refractivity contribution in [3.05, 3.63) is 47.8 Å². The zero-order valence-corrected chi connectivity index (χ0v) is 18.2. The molecule has 0 spiro atoms. The van der Waals surface area contributed by atoms with Gasteiger partial charge in [-0.3, -0.25) is 4.79 Å². The lowest BCUT2D eigenvalue weighted by molar-refractivity contribution is -0.122. The lowest BCUT2D eigenvalue weighted by Crippen LogP contribution is -2.48. The number of aromatic nitrogens is 4. The maximum atomic E-state index is 12.2. The summed E-state index contributed by atoms with van der Waals surface area (Å²) in [5, 5.41) is 38.5. The minimum absolute atomic E-state index is 0.0214. The average Bonchev–Trinajstić information content (AvgIpc) is 3.22. The van der Waals surface area contributed by atoms with E-state index in [-0.39, 0.29) is 36.3 Å². The van der Waals surface area contributed by atoms with Crippen molar-refractivity contribution in [2.45, 2.75) is 63.5 Å². The number of hydrogen-bond donors (Lipinski definition) is 4. The highest BCUT2D eigenvalue weighted by molar-refractivity contribution is 5.76. The molecule has 0 radical (unpaired) electrons. The van der Waals surface area contributed by atoms with E-state index in [2.05, 4.69) is 20.8 Å². The number of fused-ring (bicyclic) bond motifs is 1. The van der Waals surface area contributed by atoms with Gasteiger partial charge in [-0.1, -0.05) is 31.9 Å². The molecular weight excluding hydrogens is 408 g/mol. The minimum atomic E-state index is -0.0541. The number of benzene rings is 1. The summed E-state index contributed by atoms with van der Waals surface area (Å²) in [4.78, 5) is 12.2. The fourth-order valence-corrected chi connectivity index (χ4v) is 4.25. The molecule has 0 aliphatic heterocycles. The van der Waals surface area contributed by atoms with E-state index in [1.54, 1.807) is 16.6 Å². The minimum Gasteiger partial charge on any atom is -0.508 e. The number of rotatable bonds is 8. The molecule has 2 aromatic heterocycles. The van der Waals surface area contributed by atoms with Crippen molar-refractivity contribution in [3.63, 3.8) is 0 Å². The number of carbonyl (C=O) groups excluding carboxylic acids is 1. The van der Waals surface area contributed by atoms with Crippen LogP contribution in [0.25, 0.3) is 5.65 Å². The van der Waals surface area contributed by atoms with Gasteiger partial charge in [0.15, 0.2) is 11.5 Å². The highest BCUT2D eigenvalue weighted by Gasteiger charge is 2.27. The molecular formula is C23H30N6O3. The van der Waals surface area contributed by atoms with Crippen molar-refractivity contribution in [1.29, 1.82) is 0 Å². The Hall–Kier alpha value is -3.20. The van der Waals surface area contributed by atoms with E-state index >= 15 is 0 Å². The number of hydrogen-bond acceptors (Lipinski definition) is 7. The second-order valence-electron chi connectivity index (χ2n) is 8.40. The van der Waals surface area contributed by atoms with E-state index in [1.807, 2.05) is 31.2 Å². The molecule has 0 bridgehead atoms. The van der Waals surface area contributed by atoms with Gasteiger partial charge >= 0.3 is 0 Å². The van der Waals surface area contributed by atoms with Crippen molar-refractivity contribution in [2.24, 2.45) is 0 Å². The molecule has 1 amide bonds. The molecule has 3 aromatic rings. The largest absolute Gasteiger partial charge is 0.508 e. The zero-order valence-electron chi connectivity index (χ0n) is 18.2. The SMILES string of the molecule is C[C@@H](c1ccc(O)cc1)c1nnc2ccc(N[C@@H]3CCCC[C@H]3NC(=O)CCCO)nn12. The zero-order chi connectivity index (χ0) is 22.5. The van der Waals surface area contributed by atoms with Crippen LogP contribution in [-0.4, -0.2) is 54.6 Å². The molecule has 0 unspecified atom stereocenters. The van der Waals surface area contributed by atoms with Gasteiger partial charge in [-0.05, 0) is 49.1 Å². The van der Waals surface area contributed by atoms with Gasteiger partial charge in [-0.25, -0.2) is 0 Å². The van der Waals surface area contributed by atoms with Crippen LogP contribution in [0.1, 0.15) is 62.8 Å². The topological polar surface area (TPSA) is 125 Å². The molecule has 170 valence electrons. The molecule has 3 atom stereocenters. The molecule has 0 saturated heterocycles. The fraction of sp³-hybridized carbons (Fsp3) is 0.478. The van der Waals surface area contributed by atoms with Crippen LogP contribution in [0.4, 0.5) is 5.82 Å². The van der Waals surface area contributed by atoms with Crippen molar-refractivity contribution >= 4 is 17.4 Å². The first-order valence-electron chi connectivity index (χ1n) is 11.2. The second-order valence-corrected chi connectivity index (χ2v) is 8.40. The first-order chi connectivity index (χ1) is 15.5. The van der Waals surface area contributed by atoms with Gasteiger partial charge in [0.2, 0.25) is 5.91 Å². The van der Waals surface area contributed by atoms with Crippen LogP contribution >= 0.6 is 0 Å². The molecule has 1 fully saturated rings. The number of aromatic hydroxyl groups is 1. The van der Waals surface area contributed by atoms with E-state index < -0.39 is 0 Å². The maximum absolute atomic E-state index is 12.2. The third kappa shape index (κ3) is 4.99. The molecule has 1 aliphatic carbocycles. The van der Waals surface area contributed by atoms with Gasteiger partial charge in [0.05, 0.1) is 0 Å². The monoisotopic (exact) mass is 438 g/mol. The number of phenols is 1. The summed E-state index contributed by atoms with van der Waals surface area (Å²) in [5.41, 5.74) is 1.67. The maximum Gasteiger partial charge on any atom is 0.220 e. The van der Waals surface area contributed by atoms with Crippen LogP contribution in [0.3, 0.4) is 0 Å². The van der Waals surface area contributed by atoms with Crippen LogP contribution in [0.2, 0.25) is 0 Å². The predicted molar refractivity (Wildman–Crippen MR) is 121 cm³/mol. The van der Waals surface area contributed by atoms with Crippen LogP contribution in [0, 0.1) is 0 Å². The van der Waals surface area contributed by atoms with E-state index in [4.69, 9.17) is 10.2 Å². The molecule has 9 heteroatoms. The molecule has 1 saturated carbocycles. The number of aliphatic hydroxyl groups is 1. The van der Waals surface area contributed by atoms with Gasteiger partial charge in [0.1, 0.15) is 11.6 Å². The summed E-state index contributed by atoms with van der Waals surface area (Å²) in [5.74, 6) is 1.57. The highest BCUT2D eigenvalue weighted by Crippen LogP contribution is 2.26. The fourth-order valence-electron chi connectivity index (χ4n) is 4.25. The van der Waals surface area contributed by atoms with Gasteiger partial charge < -0.3 is 20.8 Å². The van der Waals surface area contributed by atoms with Crippen LogP contribution < -0.4 is 10.6 Å². The summed E-state index contributed by atoms with van der Waals surface area (Å²) in [6.45, 7) is 2.05. The standard InChI is InChI=1S/C23H30N6O3/c1-15(16-8-10-17(31)11-9-16)23-27-26-21-13-12-20(28-29(21)23)24-18-5-2-3-6-19(18)25-22(32)7-4-14-30/h8-13,15,18-19,30-31H,2-7,14H2,1H3,(H,24,28)(H,25,32)/t15-,18+,19+/m0/s1. The smallest absolute Gasteiger partial charge is 0.220 e. The van der Waals surface area contributed by atoms with E-state index in [0.29, 0.717) is 30.1 Å². The third-order valence-corrected chi connectivity index (χ3v) is 6.07. The van der Waals surface area contributed by atoms with Crippen LogP contribution in [0.15, 0.2) is 36.4 Å². The second kappa shape index (κ2) is 9.95. The Labute approximate surface area is 186 Å². The Kier molecular flexibility index (Phi) is 6.84. The first-order valence-corrected chi connectivity index (χ1v) is 11.2. The third-order valence-electron chi connectivity index (χ3n) is 6.07. The van der Waals surface area contributed by atoms with E-state index in [1.165, 1.54) is 0 Å². The molecule has 1 aromatic carbocycles. The van der Waals surface area contributed by atoms with E-state index in [0.717, 1.165) is 31.2 Å². The first kappa shape index (κ1) is 22.0. The summed E-state index contributed by atoms with van der Waals surface area (Å²) in [6, 6.07) is 10.9. The van der Waals surface area contributed by atoms with Crippen molar-refractivity contribution in [3.8, 4) is 5.75 Å². The predicted octanol–water partition coefficient (Wildman–Crippen LogP) is 2.59. The van der Waals surface area contributed by atoms with Gasteiger partial charge in [0.25, 0.3) is 0 Å². The molecule has 2 heterocycles. The van der Waals surface area contributed by atoms with Crippen LogP contribution in [0.5, 0.6) is 5.75 Å². The Morgan fingerprint density at radius 2 is 1.88 bits per heavy atom. The summed E-state index contributed by atoms with van der Waals surface area (Å²) < 4.78 is 1.75. The number of anilines is 1. The summed E-state index contributed by atoms with van der Waals surface area (Å²) >= 11 is 0. The van der Waals surface area contributed by atoms with Gasteiger partial charge in [0, 0.05) is 31.0 Å². The van der Waals surface area contributed by atoms with Crippen molar-refractivity contribution in [2.75, 3.05) is 11.9 Å². The lowest BCUT2D eigenvalue weighted by Gasteiger charge is -2.33. The number of nitrogens with one attached hydrogen (secondary N) is 2. The molecule has 4 N–H and O–H groups in total.